The van der Waals surface area contributed by atoms with Crippen molar-refractivity contribution < 1.29 is 4.79 Å². The molecule has 0 aliphatic rings. The second-order valence-corrected chi connectivity index (χ2v) is 4.55. The summed E-state index contributed by atoms with van der Waals surface area (Å²) >= 11 is 0. The molecule has 0 amide bonds. The van der Waals surface area contributed by atoms with Crippen LogP contribution in [0.3, 0.4) is 0 Å². The highest BCUT2D eigenvalue weighted by molar-refractivity contribution is 5.93. The Bertz CT molecular complexity index is 744. The first-order valence-electron chi connectivity index (χ1n) is 6.21. The van der Waals surface area contributed by atoms with E-state index in [1.165, 1.54) is 24.7 Å². The lowest BCUT2D eigenvalue weighted by Crippen LogP contribution is -2.40. The average molecular weight is 273 g/mol. The molecule has 0 N–H and O–H groups in total. The maximum absolute atomic E-state index is 12.0. The normalized spacial score (nSPS) is 10.5. The monoisotopic (exact) mass is 273 g/mol. The fourth-order valence-corrected chi connectivity index (χ4v) is 1.92. The van der Waals surface area contributed by atoms with E-state index in [4.69, 9.17) is 0 Å². The third-order valence-electron chi connectivity index (χ3n) is 3.10. The number of ketones is 1. The van der Waals surface area contributed by atoms with Gasteiger partial charge in [-0.15, -0.1) is 0 Å². The van der Waals surface area contributed by atoms with Gasteiger partial charge >= 0.3 is 5.69 Å². The van der Waals surface area contributed by atoms with Gasteiger partial charge < -0.3 is 0 Å². The molecular weight excluding hydrogens is 258 g/mol. The Morgan fingerprint density at radius 3 is 2.70 bits per heavy atom. The second-order valence-electron chi connectivity index (χ2n) is 4.55. The van der Waals surface area contributed by atoms with Crippen LogP contribution in [0.2, 0.25) is 0 Å². The van der Waals surface area contributed by atoms with Gasteiger partial charge in [0.25, 0.3) is 5.56 Å². The van der Waals surface area contributed by atoms with Gasteiger partial charge in [-0.3, -0.25) is 23.7 Å². The minimum Gasteiger partial charge on any atom is -0.299 e. The summed E-state index contributed by atoms with van der Waals surface area (Å²) in [6, 6.07) is 3.73. The zero-order chi connectivity index (χ0) is 14.7. The van der Waals surface area contributed by atoms with Crippen molar-refractivity contribution in [2.24, 2.45) is 7.05 Å². The van der Waals surface area contributed by atoms with Crippen LogP contribution in [0.1, 0.15) is 22.8 Å². The van der Waals surface area contributed by atoms with Gasteiger partial charge in [-0.25, -0.2) is 4.79 Å². The van der Waals surface area contributed by atoms with Gasteiger partial charge in [-0.05, 0) is 25.0 Å². The molecule has 0 aromatic carbocycles. The number of nitrogens with zero attached hydrogens (tertiary/aromatic N) is 3. The molecule has 2 rings (SSSR count). The van der Waals surface area contributed by atoms with Crippen LogP contribution in [-0.4, -0.2) is 19.9 Å². The molecule has 0 unspecified atom stereocenters. The van der Waals surface area contributed by atoms with Crippen LogP contribution in [0.25, 0.3) is 0 Å². The van der Waals surface area contributed by atoms with Crippen molar-refractivity contribution in [3.05, 3.63) is 62.7 Å². The highest BCUT2D eigenvalue weighted by atomic mass is 16.2. The van der Waals surface area contributed by atoms with Gasteiger partial charge in [0.2, 0.25) is 0 Å². The van der Waals surface area contributed by atoms with E-state index >= 15 is 0 Å². The number of carbonyl (C=O) groups excluding carboxylic acids is 1. The Kier molecular flexibility index (Phi) is 3.93. The predicted molar refractivity (Wildman–Crippen MR) is 73.9 cm³/mol. The van der Waals surface area contributed by atoms with E-state index in [-0.39, 0.29) is 11.3 Å². The van der Waals surface area contributed by atoms with Crippen molar-refractivity contribution >= 4 is 5.78 Å². The summed E-state index contributed by atoms with van der Waals surface area (Å²) < 4.78 is 2.34. The van der Waals surface area contributed by atoms with Crippen LogP contribution < -0.4 is 11.2 Å². The van der Waals surface area contributed by atoms with Crippen molar-refractivity contribution in [1.82, 2.24) is 14.1 Å². The van der Waals surface area contributed by atoms with Crippen LogP contribution in [0.4, 0.5) is 0 Å². The summed E-state index contributed by atoms with van der Waals surface area (Å²) in [4.78, 5) is 39.2. The van der Waals surface area contributed by atoms with Crippen LogP contribution in [-0.2, 0) is 20.0 Å². The molecule has 0 spiro atoms. The first kappa shape index (κ1) is 13.9. The lowest BCUT2D eigenvalue weighted by atomic mass is 10.2. The molecule has 2 aromatic heterocycles. The zero-order valence-electron chi connectivity index (χ0n) is 11.4. The zero-order valence-corrected chi connectivity index (χ0v) is 11.4. The Labute approximate surface area is 115 Å². The van der Waals surface area contributed by atoms with Gasteiger partial charge in [0.05, 0.1) is 5.56 Å². The molecule has 2 aromatic rings. The minimum absolute atomic E-state index is 0.0262. The first-order valence-corrected chi connectivity index (χ1v) is 6.21. The first-order chi connectivity index (χ1) is 9.50. The summed E-state index contributed by atoms with van der Waals surface area (Å²) in [6.07, 6.45) is 5.33. The highest BCUT2D eigenvalue weighted by Crippen LogP contribution is 1.99. The smallest absolute Gasteiger partial charge is 0.299 e. The molecule has 0 saturated carbocycles. The molecular formula is C14H15N3O3. The standard InChI is InChI=1S/C14H15N3O3/c1-10(18)12-9-17(14(20)16(2)13(12)19)7-5-11-4-3-6-15-8-11/h3-4,6,8-9H,5,7H2,1-2H3. The van der Waals surface area contributed by atoms with Crippen molar-refractivity contribution in [2.45, 2.75) is 19.9 Å². The van der Waals surface area contributed by atoms with E-state index in [0.717, 1.165) is 10.1 Å². The maximum Gasteiger partial charge on any atom is 0.330 e. The molecule has 0 atom stereocenters. The molecule has 0 bridgehead atoms. The van der Waals surface area contributed by atoms with E-state index in [2.05, 4.69) is 4.98 Å². The summed E-state index contributed by atoms with van der Waals surface area (Å²) in [7, 11) is 1.37. The Morgan fingerprint density at radius 1 is 1.35 bits per heavy atom. The molecule has 6 heteroatoms. The van der Waals surface area contributed by atoms with Gasteiger partial charge in [0.1, 0.15) is 0 Å². The topological polar surface area (TPSA) is 74.0 Å². The SMILES string of the molecule is CC(=O)c1cn(CCc2cccnc2)c(=O)n(C)c1=O. The molecule has 0 saturated heterocycles. The number of aromatic nitrogens is 3. The number of rotatable bonds is 4. The number of aryl methyl sites for hydroxylation is 2. The largest absolute Gasteiger partial charge is 0.330 e. The van der Waals surface area contributed by atoms with Crippen LogP contribution in [0, 0.1) is 0 Å². The molecule has 6 nitrogen and oxygen atoms in total. The van der Waals surface area contributed by atoms with Crippen LogP contribution >= 0.6 is 0 Å². The number of pyridine rings is 1. The summed E-state index contributed by atoms with van der Waals surface area (Å²) in [5.74, 6) is -0.347. The lowest BCUT2D eigenvalue weighted by molar-refractivity contribution is 0.101. The Hall–Kier alpha value is -2.50. The van der Waals surface area contributed by atoms with E-state index in [1.54, 1.807) is 12.4 Å². The predicted octanol–water partition coefficient (Wildman–Crippen LogP) is 0.387. The molecule has 0 aliphatic heterocycles. The molecule has 2 heterocycles. The fourth-order valence-electron chi connectivity index (χ4n) is 1.92. The van der Waals surface area contributed by atoms with Crippen molar-refractivity contribution in [2.75, 3.05) is 0 Å². The molecule has 0 fully saturated rings. The van der Waals surface area contributed by atoms with Crippen LogP contribution in [0.5, 0.6) is 0 Å². The van der Waals surface area contributed by atoms with E-state index in [0.29, 0.717) is 13.0 Å². The quantitative estimate of drug-likeness (QED) is 0.755. The number of Topliss-reactive ketones (excluding diaryl/α,β-unsaturated/α-hetero) is 1. The fraction of sp³-hybridized carbons (Fsp3) is 0.286. The maximum atomic E-state index is 12.0. The van der Waals surface area contributed by atoms with Gasteiger partial charge in [-0.1, -0.05) is 6.07 Å². The summed E-state index contributed by atoms with van der Waals surface area (Å²) in [5, 5.41) is 0. The van der Waals surface area contributed by atoms with E-state index < -0.39 is 11.2 Å². The van der Waals surface area contributed by atoms with Crippen LogP contribution in [0.15, 0.2) is 40.3 Å². The van der Waals surface area contributed by atoms with Gasteiger partial charge in [-0.2, -0.15) is 0 Å². The average Bonchev–Trinajstić information content (AvgIpc) is 2.45. The van der Waals surface area contributed by atoms with Crippen molar-refractivity contribution in [1.29, 1.82) is 0 Å². The minimum atomic E-state index is -0.555. The Morgan fingerprint density at radius 2 is 2.10 bits per heavy atom. The van der Waals surface area contributed by atoms with Crippen molar-refractivity contribution in [3.8, 4) is 0 Å². The second kappa shape index (κ2) is 5.64. The summed E-state index contributed by atoms with van der Waals surface area (Å²) in [6.45, 7) is 1.70. The third kappa shape index (κ3) is 2.74. The van der Waals surface area contributed by atoms with Crippen molar-refractivity contribution in [3.63, 3.8) is 0 Å². The molecule has 104 valence electrons. The number of hydrogen-bond donors (Lipinski definition) is 0. The lowest BCUT2D eigenvalue weighted by Gasteiger charge is -2.09. The van der Waals surface area contributed by atoms with E-state index in [9.17, 15) is 14.4 Å². The number of carbonyl (C=O) groups is 1. The Balaban J connectivity index is 2.35. The third-order valence-corrected chi connectivity index (χ3v) is 3.10. The highest BCUT2D eigenvalue weighted by Gasteiger charge is 2.12. The van der Waals surface area contributed by atoms with Gasteiger partial charge in [0, 0.05) is 32.2 Å². The van der Waals surface area contributed by atoms with Gasteiger partial charge in [0.15, 0.2) is 5.78 Å². The molecule has 20 heavy (non-hydrogen) atoms. The molecule has 0 radical (unpaired) electrons. The molecule has 0 aliphatic carbocycles. The number of hydrogen-bond acceptors (Lipinski definition) is 4. The van der Waals surface area contributed by atoms with E-state index in [1.807, 2.05) is 12.1 Å². The summed E-state index contributed by atoms with van der Waals surface area (Å²) in [5.41, 5.74) is 0.0277.